The lowest BCUT2D eigenvalue weighted by Crippen LogP contribution is -2.41. The van der Waals surface area contributed by atoms with Crippen molar-refractivity contribution in [2.75, 3.05) is 5.33 Å². The van der Waals surface area contributed by atoms with Crippen LogP contribution < -0.4 is 10.7 Å². The predicted octanol–water partition coefficient (Wildman–Crippen LogP) is 1.83. The summed E-state index contributed by atoms with van der Waals surface area (Å²) in [6, 6.07) is 1.44. The zero-order valence-corrected chi connectivity index (χ0v) is 11.8. The minimum absolute atomic E-state index is 0.0169. The van der Waals surface area contributed by atoms with Crippen molar-refractivity contribution < 1.29 is 4.79 Å². The minimum Gasteiger partial charge on any atom is -0.364 e. The number of aromatic nitrogens is 1. The summed E-state index contributed by atoms with van der Waals surface area (Å²) in [6.45, 7) is 5.82. The summed E-state index contributed by atoms with van der Waals surface area (Å²) < 4.78 is 0. The van der Waals surface area contributed by atoms with Gasteiger partial charge < -0.3 is 10.3 Å². The molecule has 1 amide bonds. The summed E-state index contributed by atoms with van der Waals surface area (Å²) >= 11 is 3.35. The van der Waals surface area contributed by atoms with Crippen LogP contribution in [0.4, 0.5) is 0 Å². The van der Waals surface area contributed by atoms with Crippen LogP contribution in [-0.4, -0.2) is 22.3 Å². The van der Waals surface area contributed by atoms with Gasteiger partial charge >= 0.3 is 0 Å². The standard InChI is InChI=1S/C12H17BrN2O2/c1-7(2)10(5-13)15-12(17)9-6-14-8(3)4-11(9)16/h4,6-7,10H,5H2,1-3H3,(H,14,16)(H,15,17). The average molecular weight is 301 g/mol. The summed E-state index contributed by atoms with van der Waals surface area (Å²) in [5.41, 5.74) is 0.644. The molecule has 1 aromatic rings. The van der Waals surface area contributed by atoms with Crippen LogP contribution in [0.1, 0.15) is 29.9 Å². The van der Waals surface area contributed by atoms with Crippen LogP contribution in [0.3, 0.4) is 0 Å². The Hall–Kier alpha value is -1.10. The van der Waals surface area contributed by atoms with Gasteiger partial charge in [0, 0.05) is 29.3 Å². The first-order valence-corrected chi connectivity index (χ1v) is 6.64. The molecule has 1 atom stereocenters. The molecule has 0 fully saturated rings. The molecule has 17 heavy (non-hydrogen) atoms. The molecule has 0 aromatic carbocycles. The van der Waals surface area contributed by atoms with Crippen LogP contribution >= 0.6 is 15.9 Å². The second kappa shape index (κ2) is 6.00. The second-order valence-electron chi connectivity index (χ2n) is 4.37. The Morgan fingerprint density at radius 1 is 1.53 bits per heavy atom. The van der Waals surface area contributed by atoms with Crippen LogP contribution in [0.15, 0.2) is 17.1 Å². The summed E-state index contributed by atoms with van der Waals surface area (Å²) in [7, 11) is 0. The molecule has 0 aliphatic heterocycles. The van der Waals surface area contributed by atoms with Crippen molar-refractivity contribution in [2.24, 2.45) is 5.92 Å². The Balaban J connectivity index is 2.86. The van der Waals surface area contributed by atoms with E-state index in [1.807, 2.05) is 13.8 Å². The zero-order valence-electron chi connectivity index (χ0n) is 10.2. The number of rotatable bonds is 4. The first-order valence-electron chi connectivity index (χ1n) is 5.52. The number of nitrogens with one attached hydrogen (secondary N) is 2. The molecular formula is C12H17BrN2O2. The molecule has 1 rings (SSSR count). The van der Waals surface area contributed by atoms with Gasteiger partial charge in [-0.05, 0) is 12.8 Å². The molecule has 5 heteroatoms. The summed E-state index contributed by atoms with van der Waals surface area (Å²) in [6.07, 6.45) is 1.46. The van der Waals surface area contributed by atoms with E-state index in [0.717, 1.165) is 5.69 Å². The molecule has 0 saturated carbocycles. The van der Waals surface area contributed by atoms with Crippen LogP contribution in [0.2, 0.25) is 0 Å². The summed E-state index contributed by atoms with van der Waals surface area (Å²) in [5.74, 6) is -0.0211. The van der Waals surface area contributed by atoms with Crippen molar-refractivity contribution in [3.8, 4) is 0 Å². The molecule has 1 heterocycles. The largest absolute Gasteiger partial charge is 0.364 e. The van der Waals surface area contributed by atoms with E-state index in [2.05, 4.69) is 26.2 Å². The van der Waals surface area contributed by atoms with Crippen molar-refractivity contribution in [3.63, 3.8) is 0 Å². The lowest BCUT2D eigenvalue weighted by Gasteiger charge is -2.19. The van der Waals surface area contributed by atoms with Crippen molar-refractivity contribution in [2.45, 2.75) is 26.8 Å². The molecule has 4 nitrogen and oxygen atoms in total. The third kappa shape index (κ3) is 3.70. The fourth-order valence-electron chi connectivity index (χ4n) is 1.38. The second-order valence-corrected chi connectivity index (χ2v) is 5.02. The number of pyridine rings is 1. The number of carbonyl (C=O) groups excluding carboxylic acids is 1. The first-order chi connectivity index (χ1) is 7.95. The van der Waals surface area contributed by atoms with Gasteiger partial charge in [-0.3, -0.25) is 9.59 Å². The topological polar surface area (TPSA) is 62.0 Å². The molecule has 0 bridgehead atoms. The number of halogens is 1. The molecule has 0 spiro atoms. The summed E-state index contributed by atoms with van der Waals surface area (Å²) in [5, 5.41) is 3.50. The van der Waals surface area contributed by atoms with E-state index >= 15 is 0 Å². The fraction of sp³-hybridized carbons (Fsp3) is 0.500. The molecule has 0 aliphatic rings. The van der Waals surface area contributed by atoms with E-state index < -0.39 is 0 Å². The minimum atomic E-state index is -0.329. The number of H-pyrrole nitrogens is 1. The molecule has 0 radical (unpaired) electrons. The summed E-state index contributed by atoms with van der Waals surface area (Å²) in [4.78, 5) is 26.4. The lowest BCUT2D eigenvalue weighted by atomic mass is 10.1. The highest BCUT2D eigenvalue weighted by atomic mass is 79.9. The predicted molar refractivity (Wildman–Crippen MR) is 71.7 cm³/mol. The molecule has 0 aliphatic carbocycles. The van der Waals surface area contributed by atoms with Crippen molar-refractivity contribution in [3.05, 3.63) is 33.7 Å². The van der Waals surface area contributed by atoms with Crippen LogP contribution in [0, 0.1) is 12.8 Å². The van der Waals surface area contributed by atoms with Gasteiger partial charge in [0.1, 0.15) is 5.56 Å². The Labute approximate surface area is 109 Å². The smallest absolute Gasteiger partial charge is 0.256 e. The van der Waals surface area contributed by atoms with E-state index in [4.69, 9.17) is 0 Å². The zero-order chi connectivity index (χ0) is 13.0. The van der Waals surface area contributed by atoms with E-state index in [1.54, 1.807) is 6.92 Å². The van der Waals surface area contributed by atoms with Gasteiger partial charge in [-0.1, -0.05) is 29.8 Å². The van der Waals surface area contributed by atoms with Gasteiger partial charge in [-0.15, -0.1) is 0 Å². The maximum Gasteiger partial charge on any atom is 0.256 e. The number of aromatic amines is 1. The highest BCUT2D eigenvalue weighted by Crippen LogP contribution is 2.05. The number of hydrogen-bond acceptors (Lipinski definition) is 2. The van der Waals surface area contributed by atoms with E-state index in [1.165, 1.54) is 12.3 Å². The number of alkyl halides is 1. The molecule has 1 unspecified atom stereocenters. The van der Waals surface area contributed by atoms with Crippen molar-refractivity contribution in [1.82, 2.24) is 10.3 Å². The Bertz CT molecular complexity index is 454. The number of aryl methyl sites for hydroxylation is 1. The third-order valence-corrected chi connectivity index (χ3v) is 3.29. The van der Waals surface area contributed by atoms with Gasteiger partial charge in [0.05, 0.1) is 0 Å². The Kier molecular flexibility index (Phi) is 4.93. The van der Waals surface area contributed by atoms with Gasteiger partial charge in [-0.2, -0.15) is 0 Å². The van der Waals surface area contributed by atoms with E-state index in [0.29, 0.717) is 11.2 Å². The maximum absolute atomic E-state index is 11.9. The molecule has 94 valence electrons. The number of amides is 1. The number of hydrogen-bond donors (Lipinski definition) is 2. The van der Waals surface area contributed by atoms with Crippen LogP contribution in [-0.2, 0) is 0 Å². The maximum atomic E-state index is 11.9. The van der Waals surface area contributed by atoms with E-state index in [-0.39, 0.29) is 22.9 Å². The van der Waals surface area contributed by atoms with Crippen LogP contribution in [0.5, 0.6) is 0 Å². The first kappa shape index (κ1) is 14.0. The average Bonchev–Trinajstić information content (AvgIpc) is 2.24. The number of carbonyl (C=O) groups is 1. The van der Waals surface area contributed by atoms with Crippen molar-refractivity contribution >= 4 is 21.8 Å². The lowest BCUT2D eigenvalue weighted by molar-refractivity contribution is 0.0930. The molecule has 2 N–H and O–H groups in total. The third-order valence-electron chi connectivity index (χ3n) is 2.59. The van der Waals surface area contributed by atoms with Gasteiger partial charge in [-0.25, -0.2) is 0 Å². The van der Waals surface area contributed by atoms with Crippen LogP contribution in [0.25, 0.3) is 0 Å². The fourth-order valence-corrected chi connectivity index (χ4v) is 2.29. The SMILES string of the molecule is Cc1cc(=O)c(C(=O)NC(CBr)C(C)C)c[nH]1. The molecular weight excluding hydrogens is 284 g/mol. The van der Waals surface area contributed by atoms with Gasteiger partial charge in [0.25, 0.3) is 5.91 Å². The monoisotopic (exact) mass is 300 g/mol. The Morgan fingerprint density at radius 2 is 2.18 bits per heavy atom. The van der Waals surface area contributed by atoms with Gasteiger partial charge in [0.2, 0.25) is 0 Å². The Morgan fingerprint density at radius 3 is 2.65 bits per heavy atom. The van der Waals surface area contributed by atoms with Gasteiger partial charge in [0.15, 0.2) is 5.43 Å². The van der Waals surface area contributed by atoms with E-state index in [9.17, 15) is 9.59 Å². The highest BCUT2D eigenvalue weighted by molar-refractivity contribution is 9.09. The highest BCUT2D eigenvalue weighted by Gasteiger charge is 2.17. The molecule has 1 aromatic heterocycles. The molecule has 0 saturated heterocycles. The quantitative estimate of drug-likeness (QED) is 0.834. The normalized spacial score (nSPS) is 12.5. The van der Waals surface area contributed by atoms with Crippen molar-refractivity contribution in [1.29, 1.82) is 0 Å².